The number of hydrogen-bond donors (Lipinski definition) is 0. The lowest BCUT2D eigenvalue weighted by molar-refractivity contribution is -0.132. The number of carbonyl (C=O) groups is 1. The van der Waals surface area contributed by atoms with Gasteiger partial charge < -0.3 is 9.32 Å². The largest absolute Gasteiger partial charge is 0.467 e. The van der Waals surface area contributed by atoms with Crippen molar-refractivity contribution in [2.75, 3.05) is 26.9 Å². The van der Waals surface area contributed by atoms with E-state index in [4.69, 9.17) is 4.42 Å². The van der Waals surface area contributed by atoms with Crippen molar-refractivity contribution in [3.63, 3.8) is 0 Å². The zero-order valence-electron chi connectivity index (χ0n) is 12.5. The van der Waals surface area contributed by atoms with Gasteiger partial charge in [-0.25, -0.2) is 0 Å². The molecule has 112 valence electrons. The van der Waals surface area contributed by atoms with Gasteiger partial charge in [-0.1, -0.05) is 6.42 Å². The third-order valence-electron chi connectivity index (χ3n) is 4.07. The number of furan rings is 1. The number of likely N-dealkylation sites (N-methyl/N-ethyl adjacent to an activating group) is 2. The molecule has 20 heavy (non-hydrogen) atoms. The van der Waals surface area contributed by atoms with Crippen molar-refractivity contribution in [1.82, 2.24) is 9.80 Å². The van der Waals surface area contributed by atoms with E-state index in [-0.39, 0.29) is 5.91 Å². The second kappa shape index (κ2) is 7.18. The molecule has 1 aliphatic carbocycles. The standard InChI is InChI=1S/C15H24N2O2S/c1-16(13-7-4-8-14(13)20-3)11-15(18)17(2)10-12-6-5-9-19-12/h5-6,9,13-14H,4,7-8,10-11H2,1-3H3/t13-,14+/m0/s1. The number of nitrogens with zero attached hydrogens (tertiary/aromatic N) is 2. The maximum absolute atomic E-state index is 12.3. The SMILES string of the molecule is CS[C@@H]1CCC[C@@H]1N(C)CC(=O)N(C)Cc1ccco1. The molecule has 1 aromatic heterocycles. The summed E-state index contributed by atoms with van der Waals surface area (Å²) in [6.07, 6.45) is 7.56. The third kappa shape index (κ3) is 3.79. The zero-order valence-corrected chi connectivity index (χ0v) is 13.4. The predicted molar refractivity (Wildman–Crippen MR) is 82.8 cm³/mol. The normalized spacial score (nSPS) is 22.4. The van der Waals surface area contributed by atoms with Crippen LogP contribution in [0.4, 0.5) is 0 Å². The lowest BCUT2D eigenvalue weighted by atomic mass is 10.2. The van der Waals surface area contributed by atoms with Crippen LogP contribution in [0.1, 0.15) is 25.0 Å². The van der Waals surface area contributed by atoms with E-state index in [2.05, 4.69) is 18.2 Å². The van der Waals surface area contributed by atoms with Gasteiger partial charge in [0.2, 0.25) is 5.91 Å². The monoisotopic (exact) mass is 296 g/mol. The third-order valence-corrected chi connectivity index (χ3v) is 5.23. The summed E-state index contributed by atoms with van der Waals surface area (Å²) in [7, 11) is 3.90. The molecule has 1 aromatic rings. The lowest BCUT2D eigenvalue weighted by Crippen LogP contribution is -2.43. The van der Waals surface area contributed by atoms with Crippen molar-refractivity contribution < 1.29 is 9.21 Å². The maximum atomic E-state index is 12.3. The quantitative estimate of drug-likeness (QED) is 0.808. The molecule has 0 bridgehead atoms. The molecule has 0 aromatic carbocycles. The van der Waals surface area contributed by atoms with Crippen LogP contribution in [0.2, 0.25) is 0 Å². The summed E-state index contributed by atoms with van der Waals surface area (Å²) in [4.78, 5) is 16.2. The first kappa shape index (κ1) is 15.4. The van der Waals surface area contributed by atoms with Gasteiger partial charge in [0.25, 0.3) is 0 Å². The smallest absolute Gasteiger partial charge is 0.236 e. The minimum absolute atomic E-state index is 0.149. The Labute approximate surface area is 125 Å². The van der Waals surface area contributed by atoms with E-state index in [9.17, 15) is 4.79 Å². The molecule has 4 nitrogen and oxygen atoms in total. The molecule has 0 unspecified atom stereocenters. The Morgan fingerprint density at radius 3 is 2.90 bits per heavy atom. The lowest BCUT2D eigenvalue weighted by Gasteiger charge is -2.29. The summed E-state index contributed by atoms with van der Waals surface area (Å²) < 4.78 is 5.28. The van der Waals surface area contributed by atoms with Crippen molar-refractivity contribution in [2.45, 2.75) is 37.1 Å². The summed E-state index contributed by atoms with van der Waals surface area (Å²) in [5, 5.41) is 0.670. The minimum Gasteiger partial charge on any atom is -0.467 e. The average Bonchev–Trinajstić information content (AvgIpc) is 3.08. The number of rotatable bonds is 6. The van der Waals surface area contributed by atoms with Gasteiger partial charge in [-0.15, -0.1) is 0 Å². The number of thioether (sulfide) groups is 1. The van der Waals surface area contributed by atoms with E-state index in [0.717, 1.165) is 5.76 Å². The van der Waals surface area contributed by atoms with Crippen LogP contribution in [0.25, 0.3) is 0 Å². The molecule has 2 atom stereocenters. The molecule has 1 fully saturated rings. The second-order valence-electron chi connectivity index (χ2n) is 5.52. The van der Waals surface area contributed by atoms with Crippen molar-refractivity contribution in [2.24, 2.45) is 0 Å². The van der Waals surface area contributed by atoms with Gasteiger partial charge in [0.1, 0.15) is 5.76 Å². The number of carbonyl (C=O) groups excluding carboxylic acids is 1. The Hall–Kier alpha value is -0.940. The maximum Gasteiger partial charge on any atom is 0.236 e. The Bertz CT molecular complexity index is 422. The molecular formula is C15H24N2O2S. The zero-order chi connectivity index (χ0) is 14.5. The van der Waals surface area contributed by atoms with Crippen LogP contribution in [0.5, 0.6) is 0 Å². The van der Waals surface area contributed by atoms with Crippen LogP contribution in [0, 0.1) is 0 Å². The fourth-order valence-corrected chi connectivity index (χ4v) is 3.92. The fraction of sp³-hybridized carbons (Fsp3) is 0.667. The highest BCUT2D eigenvalue weighted by Gasteiger charge is 2.30. The highest BCUT2D eigenvalue weighted by molar-refractivity contribution is 7.99. The summed E-state index contributed by atoms with van der Waals surface area (Å²) in [5.74, 6) is 0.974. The minimum atomic E-state index is 0.149. The average molecular weight is 296 g/mol. The van der Waals surface area contributed by atoms with E-state index >= 15 is 0 Å². The fourth-order valence-electron chi connectivity index (χ4n) is 2.86. The van der Waals surface area contributed by atoms with E-state index in [0.29, 0.717) is 24.4 Å². The molecule has 1 saturated carbocycles. The van der Waals surface area contributed by atoms with Crippen molar-refractivity contribution in [1.29, 1.82) is 0 Å². The van der Waals surface area contributed by atoms with Crippen molar-refractivity contribution >= 4 is 17.7 Å². The number of amides is 1. The van der Waals surface area contributed by atoms with Gasteiger partial charge in [-0.2, -0.15) is 11.8 Å². The van der Waals surface area contributed by atoms with Gasteiger partial charge in [-0.3, -0.25) is 9.69 Å². The van der Waals surface area contributed by atoms with Crippen LogP contribution in [-0.4, -0.2) is 53.9 Å². The van der Waals surface area contributed by atoms with Crippen LogP contribution in [-0.2, 0) is 11.3 Å². The van der Waals surface area contributed by atoms with E-state index in [1.807, 2.05) is 30.9 Å². The highest BCUT2D eigenvalue weighted by atomic mass is 32.2. The Balaban J connectivity index is 1.83. The van der Waals surface area contributed by atoms with Crippen LogP contribution in [0.15, 0.2) is 22.8 Å². The van der Waals surface area contributed by atoms with E-state index in [1.165, 1.54) is 19.3 Å². The van der Waals surface area contributed by atoms with Crippen molar-refractivity contribution in [3.8, 4) is 0 Å². The molecule has 0 saturated heterocycles. The Morgan fingerprint density at radius 2 is 2.25 bits per heavy atom. The summed E-state index contributed by atoms with van der Waals surface area (Å²) in [6, 6.07) is 4.28. The topological polar surface area (TPSA) is 36.7 Å². The van der Waals surface area contributed by atoms with E-state index < -0.39 is 0 Å². The van der Waals surface area contributed by atoms with E-state index in [1.54, 1.807) is 11.2 Å². The molecule has 0 aliphatic heterocycles. The molecule has 0 spiro atoms. The van der Waals surface area contributed by atoms with Gasteiger partial charge in [-0.05, 0) is 38.3 Å². The Morgan fingerprint density at radius 1 is 1.45 bits per heavy atom. The van der Waals surface area contributed by atoms with Crippen LogP contribution >= 0.6 is 11.8 Å². The van der Waals surface area contributed by atoms with Gasteiger partial charge in [0.15, 0.2) is 0 Å². The molecule has 5 heteroatoms. The highest BCUT2D eigenvalue weighted by Crippen LogP contribution is 2.31. The first-order chi connectivity index (χ1) is 9.61. The van der Waals surface area contributed by atoms with Gasteiger partial charge >= 0.3 is 0 Å². The molecule has 0 radical (unpaired) electrons. The predicted octanol–water partition coefficient (Wildman–Crippen LogP) is 2.45. The summed E-state index contributed by atoms with van der Waals surface area (Å²) in [5.41, 5.74) is 0. The first-order valence-corrected chi connectivity index (χ1v) is 8.40. The molecule has 1 heterocycles. The number of hydrogen-bond acceptors (Lipinski definition) is 4. The second-order valence-corrected chi connectivity index (χ2v) is 6.59. The first-order valence-electron chi connectivity index (χ1n) is 7.11. The molecule has 1 amide bonds. The van der Waals surface area contributed by atoms with Crippen molar-refractivity contribution in [3.05, 3.63) is 24.2 Å². The summed E-state index contributed by atoms with van der Waals surface area (Å²) >= 11 is 1.93. The molecule has 0 N–H and O–H groups in total. The molecule has 1 aliphatic rings. The summed E-state index contributed by atoms with van der Waals surface area (Å²) in [6.45, 7) is 1.02. The van der Waals surface area contributed by atoms with Gasteiger partial charge in [0, 0.05) is 18.3 Å². The molecular weight excluding hydrogens is 272 g/mol. The molecule has 2 rings (SSSR count). The van der Waals surface area contributed by atoms with Crippen LogP contribution < -0.4 is 0 Å². The van der Waals surface area contributed by atoms with Crippen LogP contribution in [0.3, 0.4) is 0 Å². The Kier molecular flexibility index (Phi) is 5.54. The van der Waals surface area contributed by atoms with Gasteiger partial charge in [0.05, 0.1) is 19.4 Å².